The van der Waals surface area contributed by atoms with Crippen molar-refractivity contribution in [1.82, 2.24) is 4.98 Å². The summed E-state index contributed by atoms with van der Waals surface area (Å²) in [4.78, 5) is 3.86. The molecule has 0 fully saturated rings. The fraction of sp³-hybridized carbons (Fsp3) is 0. The lowest BCUT2D eigenvalue weighted by molar-refractivity contribution is 1.03. The van der Waals surface area contributed by atoms with Crippen molar-refractivity contribution in [2.24, 2.45) is 16.2 Å². The van der Waals surface area contributed by atoms with E-state index >= 15 is 0 Å². The minimum atomic E-state index is 0.497. The van der Waals surface area contributed by atoms with Gasteiger partial charge in [0, 0.05) is 10.7 Å². The highest BCUT2D eigenvalue weighted by molar-refractivity contribution is 9.10. The maximum absolute atomic E-state index is 4.81. The summed E-state index contributed by atoms with van der Waals surface area (Å²) >= 11 is 3.25. The molecule has 0 aliphatic carbocycles. The van der Waals surface area contributed by atoms with Crippen LogP contribution in [0.15, 0.2) is 33.1 Å². The average molecular weight is 201 g/mol. The number of halogens is 1. The Hall–Kier alpha value is -0.970. The maximum atomic E-state index is 4.81. The summed E-state index contributed by atoms with van der Waals surface area (Å²) in [7, 11) is 0. The van der Waals surface area contributed by atoms with Crippen LogP contribution in [0.1, 0.15) is 0 Å². The molecule has 0 saturated carbocycles. The van der Waals surface area contributed by atoms with Crippen LogP contribution in [0.3, 0.4) is 0 Å². The van der Waals surface area contributed by atoms with Gasteiger partial charge in [0.25, 0.3) is 0 Å². The average Bonchev–Trinajstić information content (AvgIpc) is 1.88. The lowest BCUT2D eigenvalue weighted by atomic mass is 10.5. The van der Waals surface area contributed by atoms with Crippen LogP contribution in [0.2, 0.25) is 0 Å². The molecule has 0 atom stereocenters. The zero-order valence-electron chi connectivity index (χ0n) is 5.03. The van der Waals surface area contributed by atoms with Crippen molar-refractivity contribution in [3.8, 4) is 0 Å². The molecule has 52 valence electrons. The molecule has 1 aromatic heterocycles. The summed E-state index contributed by atoms with van der Waals surface area (Å²) in [6, 6.07) is 3.52. The topological polar surface area (TPSA) is 63.6 Å². The highest BCUT2D eigenvalue weighted by Gasteiger charge is 1.89. The lowest BCUT2D eigenvalue weighted by Gasteiger charge is -1.89. The van der Waals surface area contributed by atoms with E-state index in [1.54, 1.807) is 18.3 Å². The summed E-state index contributed by atoms with van der Waals surface area (Å²) in [5.74, 6) is 5.31. The van der Waals surface area contributed by atoms with Gasteiger partial charge in [-0.25, -0.2) is 4.98 Å². The van der Waals surface area contributed by atoms with E-state index in [-0.39, 0.29) is 0 Å². The van der Waals surface area contributed by atoms with Gasteiger partial charge in [0.1, 0.15) is 0 Å². The lowest BCUT2D eigenvalue weighted by Crippen LogP contribution is -1.76. The van der Waals surface area contributed by atoms with Gasteiger partial charge in [0.15, 0.2) is 5.82 Å². The number of rotatable bonds is 1. The minimum Gasteiger partial charge on any atom is -0.305 e. The minimum absolute atomic E-state index is 0.497. The Balaban J connectivity index is 2.95. The monoisotopic (exact) mass is 200 g/mol. The van der Waals surface area contributed by atoms with Crippen LogP contribution in [0.5, 0.6) is 0 Å². The largest absolute Gasteiger partial charge is 0.305 e. The number of nitrogens with zero attached hydrogens (tertiary/aromatic N) is 3. The Morgan fingerprint density at radius 2 is 2.40 bits per heavy atom. The molecule has 0 saturated heterocycles. The highest BCUT2D eigenvalue weighted by atomic mass is 79.9. The van der Waals surface area contributed by atoms with Crippen LogP contribution in [0, 0.1) is 0 Å². The predicted molar refractivity (Wildman–Crippen MR) is 40.6 cm³/mol. The highest BCUT2D eigenvalue weighted by Crippen LogP contribution is 2.14. The van der Waals surface area contributed by atoms with E-state index in [9.17, 15) is 0 Å². The smallest absolute Gasteiger partial charge is 0.177 e. The molecule has 10 heavy (non-hydrogen) atoms. The first-order chi connectivity index (χ1) is 4.83. The fourth-order valence-corrected chi connectivity index (χ4v) is 0.830. The van der Waals surface area contributed by atoms with Crippen LogP contribution in [0.4, 0.5) is 5.82 Å². The van der Waals surface area contributed by atoms with Crippen molar-refractivity contribution in [3.05, 3.63) is 22.8 Å². The molecule has 5 heteroatoms. The Kier molecular flexibility index (Phi) is 2.33. The zero-order chi connectivity index (χ0) is 7.40. The number of pyridine rings is 1. The molecule has 1 rings (SSSR count). The third-order valence-corrected chi connectivity index (χ3v) is 1.36. The normalized spacial score (nSPS) is 10.5. The molecule has 2 N–H and O–H groups in total. The predicted octanol–water partition coefficient (Wildman–Crippen LogP) is 1.80. The van der Waals surface area contributed by atoms with Gasteiger partial charge in [-0.05, 0) is 12.1 Å². The molecule has 0 aliphatic heterocycles. The first kappa shape index (κ1) is 7.14. The van der Waals surface area contributed by atoms with Crippen molar-refractivity contribution >= 4 is 21.7 Å². The van der Waals surface area contributed by atoms with Crippen LogP contribution in [0.25, 0.3) is 0 Å². The Labute approximate surface area is 66.3 Å². The van der Waals surface area contributed by atoms with Crippen molar-refractivity contribution in [2.75, 3.05) is 0 Å². The van der Waals surface area contributed by atoms with E-state index in [2.05, 4.69) is 31.3 Å². The molecule has 0 aliphatic rings. The van der Waals surface area contributed by atoms with E-state index in [4.69, 9.17) is 5.84 Å². The van der Waals surface area contributed by atoms with Gasteiger partial charge < -0.3 is 5.84 Å². The van der Waals surface area contributed by atoms with E-state index in [1.165, 1.54) is 0 Å². The Morgan fingerprint density at radius 3 is 3.00 bits per heavy atom. The van der Waals surface area contributed by atoms with Crippen molar-refractivity contribution in [1.29, 1.82) is 0 Å². The summed E-state index contributed by atoms with van der Waals surface area (Å²) in [5.41, 5.74) is 0. The molecule has 0 radical (unpaired) electrons. The Morgan fingerprint density at radius 1 is 1.60 bits per heavy atom. The summed E-state index contributed by atoms with van der Waals surface area (Å²) < 4.78 is 0.907. The molecular formula is C5H5BrN4. The quantitative estimate of drug-likeness (QED) is 0.427. The van der Waals surface area contributed by atoms with E-state index < -0.39 is 0 Å². The van der Waals surface area contributed by atoms with Gasteiger partial charge in [-0.3, -0.25) is 0 Å². The van der Waals surface area contributed by atoms with E-state index in [0.717, 1.165) is 4.47 Å². The van der Waals surface area contributed by atoms with Gasteiger partial charge in [-0.1, -0.05) is 21.2 Å². The molecule has 0 aromatic carbocycles. The number of hydrogen-bond donors (Lipinski definition) is 1. The fourth-order valence-electron chi connectivity index (χ4n) is 0.507. The van der Waals surface area contributed by atoms with Gasteiger partial charge in [0.2, 0.25) is 0 Å². The number of aromatic nitrogens is 1. The number of hydrogen-bond acceptors (Lipinski definition) is 3. The third-order valence-electron chi connectivity index (χ3n) is 0.868. The van der Waals surface area contributed by atoms with Gasteiger partial charge in [-0.15, -0.1) is 5.11 Å². The van der Waals surface area contributed by atoms with Crippen LogP contribution < -0.4 is 5.84 Å². The maximum Gasteiger partial charge on any atom is 0.177 e. The Bertz CT molecular complexity index is 247. The molecule has 0 spiro atoms. The van der Waals surface area contributed by atoms with E-state index in [1.807, 2.05) is 0 Å². The van der Waals surface area contributed by atoms with E-state index in [0.29, 0.717) is 5.82 Å². The first-order valence-electron chi connectivity index (χ1n) is 2.55. The SMILES string of the molecule is NN=Nc1cc(Br)ccn1. The second-order valence-electron chi connectivity index (χ2n) is 1.55. The van der Waals surface area contributed by atoms with Gasteiger partial charge in [0.05, 0.1) is 0 Å². The zero-order valence-corrected chi connectivity index (χ0v) is 6.62. The molecule has 1 heterocycles. The second kappa shape index (κ2) is 3.26. The van der Waals surface area contributed by atoms with Crippen LogP contribution in [-0.4, -0.2) is 4.98 Å². The molecular weight excluding hydrogens is 196 g/mol. The molecule has 4 nitrogen and oxygen atoms in total. The van der Waals surface area contributed by atoms with Gasteiger partial charge >= 0.3 is 0 Å². The van der Waals surface area contributed by atoms with Gasteiger partial charge in [-0.2, -0.15) is 0 Å². The summed E-state index contributed by atoms with van der Waals surface area (Å²) in [6.07, 6.45) is 1.62. The molecule has 1 aromatic rings. The second-order valence-corrected chi connectivity index (χ2v) is 2.46. The van der Waals surface area contributed by atoms with Crippen molar-refractivity contribution in [2.45, 2.75) is 0 Å². The number of nitrogens with two attached hydrogens (primary N) is 1. The summed E-state index contributed by atoms with van der Waals surface area (Å²) in [5, 5.41) is 6.62. The van der Waals surface area contributed by atoms with Crippen LogP contribution in [-0.2, 0) is 0 Å². The first-order valence-corrected chi connectivity index (χ1v) is 3.34. The van der Waals surface area contributed by atoms with Crippen LogP contribution >= 0.6 is 15.9 Å². The standard InChI is InChI=1S/C5H5BrN4/c6-4-1-2-8-5(3-4)9-10-7/h1-3H,(H2,7,8,9). The third kappa shape index (κ3) is 1.77. The molecule has 0 amide bonds. The summed E-state index contributed by atoms with van der Waals surface area (Å²) in [6.45, 7) is 0. The van der Waals surface area contributed by atoms with Crippen molar-refractivity contribution < 1.29 is 0 Å². The van der Waals surface area contributed by atoms with Crippen molar-refractivity contribution in [3.63, 3.8) is 0 Å². The molecule has 0 unspecified atom stereocenters. The molecule has 0 bridgehead atoms.